The number of amides is 1. The second-order valence-electron chi connectivity index (χ2n) is 7.80. The molecule has 0 spiro atoms. The molecule has 0 radical (unpaired) electrons. The van der Waals surface area contributed by atoms with Crippen LogP contribution in [-0.4, -0.2) is 29.1 Å². The van der Waals surface area contributed by atoms with Crippen LogP contribution in [0.25, 0.3) is 11.4 Å². The first-order valence-corrected chi connectivity index (χ1v) is 11.7. The van der Waals surface area contributed by atoms with E-state index in [-0.39, 0.29) is 11.7 Å². The Balaban J connectivity index is 1.37. The van der Waals surface area contributed by atoms with E-state index in [1.165, 1.54) is 12.1 Å². The SMILES string of the molecule is CCOc1ccc(CNC(=O)c2ccc(Nc3ccnc(-c4ccc(F)cc4)n3)cc2)cc1OCC. The summed E-state index contributed by atoms with van der Waals surface area (Å²) in [6.45, 7) is 5.27. The van der Waals surface area contributed by atoms with Crippen LogP contribution in [0.1, 0.15) is 29.8 Å². The standard InChI is InChI=1S/C28H27FN4O3/c1-3-35-24-14-5-19(17-25(24)36-4-2)18-31-28(34)21-8-12-23(13-9-21)32-26-15-16-30-27(33-26)20-6-10-22(29)11-7-20/h5-17H,3-4,18H2,1-2H3,(H,31,34)(H,30,32,33). The molecule has 0 bridgehead atoms. The summed E-state index contributed by atoms with van der Waals surface area (Å²) in [6.07, 6.45) is 1.63. The Hall–Kier alpha value is -4.46. The Kier molecular flexibility index (Phi) is 8.08. The number of nitrogens with zero attached hydrogens (tertiary/aromatic N) is 2. The maximum Gasteiger partial charge on any atom is 0.251 e. The highest BCUT2D eigenvalue weighted by atomic mass is 19.1. The third-order valence-electron chi connectivity index (χ3n) is 5.24. The zero-order valence-electron chi connectivity index (χ0n) is 20.1. The van der Waals surface area contributed by atoms with Gasteiger partial charge in [-0.2, -0.15) is 0 Å². The normalized spacial score (nSPS) is 10.5. The number of ether oxygens (including phenoxy) is 2. The Morgan fingerprint density at radius 2 is 1.61 bits per heavy atom. The minimum atomic E-state index is -0.313. The molecule has 3 aromatic carbocycles. The third-order valence-corrected chi connectivity index (χ3v) is 5.24. The number of nitrogens with one attached hydrogen (secondary N) is 2. The van der Waals surface area contributed by atoms with Crippen LogP contribution in [-0.2, 0) is 6.54 Å². The molecule has 1 heterocycles. The predicted octanol–water partition coefficient (Wildman–Crippen LogP) is 5.75. The first-order chi connectivity index (χ1) is 17.6. The van der Waals surface area contributed by atoms with Crippen LogP contribution >= 0.6 is 0 Å². The molecule has 8 heteroatoms. The number of carbonyl (C=O) groups is 1. The molecule has 36 heavy (non-hydrogen) atoms. The van der Waals surface area contributed by atoms with Gasteiger partial charge in [-0.15, -0.1) is 0 Å². The van der Waals surface area contributed by atoms with Gasteiger partial charge in [0.1, 0.15) is 11.6 Å². The number of hydrogen-bond donors (Lipinski definition) is 2. The molecule has 0 unspecified atom stereocenters. The summed E-state index contributed by atoms with van der Waals surface area (Å²) in [5.41, 5.74) is 2.93. The van der Waals surface area contributed by atoms with Gasteiger partial charge < -0.3 is 20.1 Å². The fourth-order valence-corrected chi connectivity index (χ4v) is 3.51. The lowest BCUT2D eigenvalue weighted by Crippen LogP contribution is -2.22. The molecule has 7 nitrogen and oxygen atoms in total. The van der Waals surface area contributed by atoms with Crippen molar-refractivity contribution in [1.82, 2.24) is 15.3 Å². The van der Waals surface area contributed by atoms with E-state index < -0.39 is 0 Å². The number of rotatable bonds is 10. The van der Waals surface area contributed by atoms with Gasteiger partial charge in [0.2, 0.25) is 0 Å². The number of halogens is 1. The molecule has 4 aromatic rings. The van der Waals surface area contributed by atoms with E-state index in [4.69, 9.17) is 9.47 Å². The smallest absolute Gasteiger partial charge is 0.251 e. The van der Waals surface area contributed by atoms with Gasteiger partial charge in [0.25, 0.3) is 5.91 Å². The monoisotopic (exact) mass is 486 g/mol. The summed E-state index contributed by atoms with van der Waals surface area (Å²) < 4.78 is 24.4. The molecule has 1 aromatic heterocycles. The Morgan fingerprint density at radius 3 is 2.33 bits per heavy atom. The summed E-state index contributed by atoms with van der Waals surface area (Å²) in [5, 5.41) is 6.13. The Morgan fingerprint density at radius 1 is 0.889 bits per heavy atom. The molecular weight excluding hydrogens is 459 g/mol. The van der Waals surface area contributed by atoms with E-state index in [1.807, 2.05) is 32.0 Å². The third kappa shape index (κ3) is 6.35. The van der Waals surface area contributed by atoms with Gasteiger partial charge in [0.15, 0.2) is 17.3 Å². The molecule has 0 saturated heterocycles. The second kappa shape index (κ2) is 11.8. The molecule has 0 atom stereocenters. The molecule has 0 aliphatic rings. The van der Waals surface area contributed by atoms with Gasteiger partial charge in [-0.05, 0) is 86.1 Å². The van der Waals surface area contributed by atoms with Crippen molar-refractivity contribution in [2.24, 2.45) is 0 Å². The van der Waals surface area contributed by atoms with E-state index in [9.17, 15) is 9.18 Å². The molecular formula is C28H27FN4O3. The largest absolute Gasteiger partial charge is 0.490 e. The van der Waals surface area contributed by atoms with Crippen molar-refractivity contribution < 1.29 is 18.7 Å². The van der Waals surface area contributed by atoms with Crippen LogP contribution in [0, 0.1) is 5.82 Å². The maximum atomic E-state index is 13.2. The van der Waals surface area contributed by atoms with Gasteiger partial charge in [0, 0.05) is 29.6 Å². The van der Waals surface area contributed by atoms with Crippen molar-refractivity contribution in [3.8, 4) is 22.9 Å². The number of hydrogen-bond acceptors (Lipinski definition) is 6. The molecule has 0 saturated carbocycles. The zero-order valence-corrected chi connectivity index (χ0v) is 20.1. The average molecular weight is 487 g/mol. The minimum Gasteiger partial charge on any atom is -0.490 e. The van der Waals surface area contributed by atoms with Gasteiger partial charge >= 0.3 is 0 Å². The summed E-state index contributed by atoms with van der Waals surface area (Å²) >= 11 is 0. The topological polar surface area (TPSA) is 85.4 Å². The van der Waals surface area contributed by atoms with E-state index in [0.717, 1.165) is 11.3 Å². The van der Waals surface area contributed by atoms with Crippen LogP contribution in [0.15, 0.2) is 79.0 Å². The number of aromatic nitrogens is 2. The van der Waals surface area contributed by atoms with Gasteiger partial charge in [-0.25, -0.2) is 14.4 Å². The highest BCUT2D eigenvalue weighted by Gasteiger charge is 2.10. The van der Waals surface area contributed by atoms with Crippen molar-refractivity contribution in [3.05, 3.63) is 95.9 Å². The lowest BCUT2D eigenvalue weighted by Gasteiger charge is -2.13. The van der Waals surface area contributed by atoms with Crippen LogP contribution in [0.5, 0.6) is 11.5 Å². The van der Waals surface area contributed by atoms with Crippen molar-refractivity contribution in [2.45, 2.75) is 20.4 Å². The molecule has 0 aliphatic heterocycles. The fraction of sp³-hybridized carbons (Fsp3) is 0.179. The summed E-state index contributed by atoms with van der Waals surface area (Å²) in [5.74, 6) is 1.92. The van der Waals surface area contributed by atoms with Gasteiger partial charge in [-0.1, -0.05) is 6.07 Å². The van der Waals surface area contributed by atoms with Crippen LogP contribution in [0.3, 0.4) is 0 Å². The van der Waals surface area contributed by atoms with Crippen LogP contribution in [0.2, 0.25) is 0 Å². The number of carbonyl (C=O) groups excluding carboxylic acids is 1. The maximum absolute atomic E-state index is 13.2. The van der Waals surface area contributed by atoms with E-state index in [2.05, 4.69) is 20.6 Å². The molecule has 184 valence electrons. The first kappa shape index (κ1) is 24.7. The quantitative estimate of drug-likeness (QED) is 0.297. The van der Waals surface area contributed by atoms with Crippen molar-refractivity contribution in [3.63, 3.8) is 0 Å². The molecule has 4 rings (SSSR count). The second-order valence-corrected chi connectivity index (χ2v) is 7.80. The van der Waals surface area contributed by atoms with Gasteiger partial charge in [-0.3, -0.25) is 4.79 Å². The average Bonchev–Trinajstić information content (AvgIpc) is 2.90. The number of anilines is 2. The van der Waals surface area contributed by atoms with Gasteiger partial charge in [0.05, 0.1) is 13.2 Å². The van der Waals surface area contributed by atoms with Crippen LogP contribution in [0.4, 0.5) is 15.9 Å². The first-order valence-electron chi connectivity index (χ1n) is 11.7. The Bertz CT molecular complexity index is 1310. The van der Waals surface area contributed by atoms with Crippen molar-refractivity contribution in [2.75, 3.05) is 18.5 Å². The highest BCUT2D eigenvalue weighted by molar-refractivity contribution is 5.94. The fourth-order valence-electron chi connectivity index (χ4n) is 3.51. The Labute approximate surface area is 209 Å². The van der Waals surface area contributed by atoms with Crippen molar-refractivity contribution >= 4 is 17.4 Å². The summed E-state index contributed by atoms with van der Waals surface area (Å²) in [4.78, 5) is 21.4. The van der Waals surface area contributed by atoms with E-state index in [0.29, 0.717) is 54.0 Å². The lowest BCUT2D eigenvalue weighted by atomic mass is 10.1. The highest BCUT2D eigenvalue weighted by Crippen LogP contribution is 2.28. The predicted molar refractivity (Wildman–Crippen MR) is 137 cm³/mol. The minimum absolute atomic E-state index is 0.186. The molecule has 1 amide bonds. The van der Waals surface area contributed by atoms with E-state index in [1.54, 1.807) is 48.7 Å². The summed E-state index contributed by atoms with van der Waals surface area (Å²) in [6, 6.07) is 20.5. The molecule has 0 fully saturated rings. The van der Waals surface area contributed by atoms with E-state index >= 15 is 0 Å². The molecule has 2 N–H and O–H groups in total. The number of benzene rings is 3. The zero-order chi connectivity index (χ0) is 25.3. The molecule has 0 aliphatic carbocycles. The van der Waals surface area contributed by atoms with Crippen LogP contribution < -0.4 is 20.1 Å². The lowest BCUT2D eigenvalue weighted by molar-refractivity contribution is 0.0951. The van der Waals surface area contributed by atoms with Crippen molar-refractivity contribution in [1.29, 1.82) is 0 Å². The summed E-state index contributed by atoms with van der Waals surface area (Å²) in [7, 11) is 0.